The average molecular weight is 278 g/mol. The van der Waals surface area contributed by atoms with Crippen LogP contribution in [0.15, 0.2) is 34.8 Å². The summed E-state index contributed by atoms with van der Waals surface area (Å²) in [5, 5.41) is 0. The fraction of sp³-hybridized carbons (Fsp3) is 0.357. The molecule has 102 valence electrons. The van der Waals surface area contributed by atoms with E-state index in [1.165, 1.54) is 5.56 Å². The van der Waals surface area contributed by atoms with Crippen LogP contribution in [-0.4, -0.2) is 21.3 Å². The molecule has 0 amide bonds. The number of hydrogen-bond acceptors (Lipinski definition) is 3. The molecule has 0 saturated heterocycles. The zero-order valence-corrected chi connectivity index (χ0v) is 12.4. The minimum absolute atomic E-state index is 0.323. The predicted molar refractivity (Wildman–Crippen MR) is 78.5 cm³/mol. The molecule has 1 aromatic carbocycles. The van der Waals surface area contributed by atoms with Gasteiger partial charge in [-0.1, -0.05) is 38.1 Å². The number of sulfonamides is 1. The van der Waals surface area contributed by atoms with Crippen LogP contribution in [-0.2, 0) is 10.0 Å². The van der Waals surface area contributed by atoms with Crippen LogP contribution in [0.2, 0.25) is 0 Å². The molecular formula is C14H18N2O2S. The molecule has 0 aromatic heterocycles. The lowest BCUT2D eigenvalue weighted by molar-refractivity contribution is 0.603. The number of nitrogens with zero attached hydrogens (tertiary/aromatic N) is 1. The number of hydrogen-bond donors (Lipinski definition) is 1. The lowest BCUT2D eigenvalue weighted by atomic mass is 10.0. The molecule has 1 N–H and O–H groups in total. The maximum absolute atomic E-state index is 12.1. The van der Waals surface area contributed by atoms with Crippen molar-refractivity contribution in [1.82, 2.24) is 4.72 Å². The van der Waals surface area contributed by atoms with Crippen LogP contribution in [0, 0.1) is 0 Å². The molecule has 4 nitrogen and oxygen atoms in total. The SMILES string of the molecule is CN=C1NS(=O)(=O)C(c2ccc(C(C)C)cc2)=C1C. The van der Waals surface area contributed by atoms with Crippen molar-refractivity contribution in [2.75, 3.05) is 7.05 Å². The summed E-state index contributed by atoms with van der Waals surface area (Å²) >= 11 is 0. The molecule has 1 aromatic rings. The summed E-state index contributed by atoms with van der Waals surface area (Å²) in [4.78, 5) is 4.28. The van der Waals surface area contributed by atoms with Crippen LogP contribution in [0.3, 0.4) is 0 Å². The Hall–Kier alpha value is -1.62. The maximum Gasteiger partial charge on any atom is 0.264 e. The van der Waals surface area contributed by atoms with Crippen LogP contribution in [0.25, 0.3) is 4.91 Å². The van der Waals surface area contributed by atoms with Gasteiger partial charge < -0.3 is 0 Å². The van der Waals surface area contributed by atoms with Gasteiger partial charge in [-0.15, -0.1) is 0 Å². The third-order valence-electron chi connectivity index (χ3n) is 3.26. The Morgan fingerprint density at radius 2 is 1.74 bits per heavy atom. The Bertz CT molecular complexity index is 653. The molecule has 0 atom stereocenters. The van der Waals surface area contributed by atoms with Gasteiger partial charge in [-0.2, -0.15) is 0 Å². The Labute approximate surface area is 114 Å². The molecule has 0 bridgehead atoms. The summed E-state index contributed by atoms with van der Waals surface area (Å²) in [6.45, 7) is 5.98. The van der Waals surface area contributed by atoms with Crippen LogP contribution in [0.5, 0.6) is 0 Å². The van der Waals surface area contributed by atoms with Gasteiger partial charge in [0.15, 0.2) is 0 Å². The van der Waals surface area contributed by atoms with Crippen molar-refractivity contribution in [2.24, 2.45) is 4.99 Å². The lowest BCUT2D eigenvalue weighted by Crippen LogP contribution is -2.23. The molecule has 19 heavy (non-hydrogen) atoms. The van der Waals surface area contributed by atoms with Crippen LogP contribution >= 0.6 is 0 Å². The summed E-state index contributed by atoms with van der Waals surface area (Å²) in [7, 11) is -1.91. The van der Waals surface area contributed by atoms with E-state index >= 15 is 0 Å². The third kappa shape index (κ3) is 2.42. The van der Waals surface area contributed by atoms with Gasteiger partial charge in [0.2, 0.25) is 0 Å². The summed E-state index contributed by atoms with van der Waals surface area (Å²) in [6.07, 6.45) is 0. The zero-order chi connectivity index (χ0) is 14.2. The Balaban J connectivity index is 2.54. The van der Waals surface area contributed by atoms with Gasteiger partial charge in [0, 0.05) is 12.6 Å². The van der Waals surface area contributed by atoms with E-state index in [9.17, 15) is 8.42 Å². The second kappa shape index (κ2) is 4.81. The summed E-state index contributed by atoms with van der Waals surface area (Å²) in [6, 6.07) is 7.64. The van der Waals surface area contributed by atoms with Crippen molar-refractivity contribution in [3.63, 3.8) is 0 Å². The van der Waals surface area contributed by atoms with Crippen molar-refractivity contribution in [1.29, 1.82) is 0 Å². The minimum atomic E-state index is -3.48. The second-order valence-electron chi connectivity index (χ2n) is 4.91. The van der Waals surface area contributed by atoms with Gasteiger partial charge in [-0.25, -0.2) is 8.42 Å². The monoisotopic (exact) mass is 278 g/mol. The average Bonchev–Trinajstić information content (AvgIpc) is 2.59. The normalized spacial score (nSPS) is 20.2. The molecule has 0 unspecified atom stereocenters. The number of benzene rings is 1. The fourth-order valence-electron chi connectivity index (χ4n) is 2.17. The van der Waals surface area contributed by atoms with Crippen LogP contribution in [0.1, 0.15) is 37.8 Å². The number of amidine groups is 1. The number of nitrogens with one attached hydrogen (secondary N) is 1. The molecule has 5 heteroatoms. The highest BCUT2D eigenvalue weighted by molar-refractivity contribution is 8.00. The lowest BCUT2D eigenvalue weighted by Gasteiger charge is -2.07. The standard InChI is InChI=1S/C14H18N2O2S/c1-9(2)11-5-7-12(8-6-11)13-10(3)14(15-4)16-19(13,17)18/h5-9H,1-4H3,(H,15,16). The predicted octanol–water partition coefficient (Wildman–Crippen LogP) is 2.50. The molecule has 1 aliphatic heterocycles. The second-order valence-corrected chi connectivity index (χ2v) is 6.53. The molecule has 0 saturated carbocycles. The molecule has 0 radical (unpaired) electrons. The molecule has 2 rings (SSSR count). The number of rotatable bonds is 2. The highest BCUT2D eigenvalue weighted by Crippen LogP contribution is 2.30. The van der Waals surface area contributed by atoms with Crippen LogP contribution in [0.4, 0.5) is 0 Å². The minimum Gasteiger partial charge on any atom is -0.271 e. The zero-order valence-electron chi connectivity index (χ0n) is 11.6. The van der Waals surface area contributed by atoms with Crippen LogP contribution < -0.4 is 4.72 Å². The van der Waals surface area contributed by atoms with Gasteiger partial charge >= 0.3 is 0 Å². The molecule has 0 aliphatic carbocycles. The molecule has 1 aliphatic rings. The molecule has 0 fully saturated rings. The first-order valence-electron chi connectivity index (χ1n) is 6.18. The Morgan fingerprint density at radius 1 is 1.16 bits per heavy atom. The number of aliphatic imine (C=N–C) groups is 1. The van der Waals surface area contributed by atoms with E-state index < -0.39 is 10.0 Å². The van der Waals surface area contributed by atoms with Crippen molar-refractivity contribution in [3.05, 3.63) is 41.0 Å². The van der Waals surface area contributed by atoms with E-state index in [0.29, 0.717) is 27.8 Å². The first-order valence-corrected chi connectivity index (χ1v) is 7.66. The summed E-state index contributed by atoms with van der Waals surface area (Å²) < 4.78 is 26.7. The smallest absolute Gasteiger partial charge is 0.264 e. The Kier molecular flexibility index (Phi) is 3.49. The van der Waals surface area contributed by atoms with Gasteiger partial charge in [0.05, 0.1) is 0 Å². The summed E-state index contributed by atoms with van der Waals surface area (Å²) in [5.74, 6) is 0.845. The van der Waals surface area contributed by atoms with E-state index in [-0.39, 0.29) is 0 Å². The van der Waals surface area contributed by atoms with E-state index in [2.05, 4.69) is 23.6 Å². The largest absolute Gasteiger partial charge is 0.271 e. The van der Waals surface area contributed by atoms with Crippen molar-refractivity contribution >= 4 is 20.8 Å². The van der Waals surface area contributed by atoms with E-state index in [0.717, 1.165) is 0 Å². The highest BCUT2D eigenvalue weighted by Gasteiger charge is 2.32. The van der Waals surface area contributed by atoms with Gasteiger partial charge in [0.1, 0.15) is 10.7 Å². The third-order valence-corrected chi connectivity index (χ3v) is 4.80. The molecule has 0 spiro atoms. The quantitative estimate of drug-likeness (QED) is 0.903. The van der Waals surface area contributed by atoms with Crippen molar-refractivity contribution < 1.29 is 8.42 Å². The van der Waals surface area contributed by atoms with E-state index in [4.69, 9.17) is 0 Å². The van der Waals surface area contributed by atoms with Crippen molar-refractivity contribution in [2.45, 2.75) is 26.7 Å². The molecule has 1 heterocycles. The Morgan fingerprint density at radius 3 is 2.16 bits per heavy atom. The maximum atomic E-state index is 12.1. The van der Waals surface area contributed by atoms with E-state index in [1.807, 2.05) is 24.3 Å². The van der Waals surface area contributed by atoms with Gasteiger partial charge in [0.25, 0.3) is 10.0 Å². The van der Waals surface area contributed by atoms with Gasteiger partial charge in [-0.3, -0.25) is 9.71 Å². The summed E-state index contributed by atoms with van der Waals surface area (Å²) in [5.41, 5.74) is 2.56. The molecular weight excluding hydrogens is 260 g/mol. The first kappa shape index (κ1) is 13.8. The first-order chi connectivity index (χ1) is 8.86. The van der Waals surface area contributed by atoms with Crippen molar-refractivity contribution in [3.8, 4) is 0 Å². The fourth-order valence-corrected chi connectivity index (χ4v) is 3.72. The van der Waals surface area contributed by atoms with Gasteiger partial charge in [-0.05, 0) is 24.0 Å². The highest BCUT2D eigenvalue weighted by atomic mass is 32.2. The topological polar surface area (TPSA) is 58.5 Å². The van der Waals surface area contributed by atoms with E-state index in [1.54, 1.807) is 14.0 Å².